The van der Waals surface area contributed by atoms with Crippen LogP contribution in [0.25, 0.3) is 0 Å². The van der Waals surface area contributed by atoms with Crippen LogP contribution in [0.15, 0.2) is 17.3 Å². The monoisotopic (exact) mass is 339 g/mol. The summed E-state index contributed by atoms with van der Waals surface area (Å²) >= 11 is 0. The molecule has 0 unspecified atom stereocenters. The number of aliphatic imine (C=N–C) groups is 1. The average Bonchev–Trinajstić information content (AvgIpc) is 2.50. The lowest BCUT2D eigenvalue weighted by atomic mass is 10.1. The molecule has 0 aromatic rings. The molecule has 4 N–H and O–H groups in total. The maximum absolute atomic E-state index is 12.2. The van der Waals surface area contributed by atoms with Crippen molar-refractivity contribution < 1.29 is 4.79 Å². The topological polar surface area (TPSA) is 87.9 Å². The van der Waals surface area contributed by atoms with Crippen molar-refractivity contribution in [2.75, 3.05) is 46.1 Å². The highest BCUT2D eigenvalue weighted by Gasteiger charge is 2.24. The Morgan fingerprint density at radius 3 is 2.39 bits per heavy atom. The van der Waals surface area contributed by atoms with Crippen LogP contribution in [-0.4, -0.2) is 72.9 Å². The number of nitrogens with two attached hydrogens (primary N) is 2. The van der Waals surface area contributed by atoms with E-state index in [0.29, 0.717) is 13.0 Å². The molecule has 1 amide bonds. The molecule has 23 heavy (non-hydrogen) atoms. The van der Waals surface area contributed by atoms with Gasteiger partial charge in [0.15, 0.2) is 5.96 Å². The van der Waals surface area contributed by atoms with Crippen molar-refractivity contribution >= 4 is 24.4 Å². The van der Waals surface area contributed by atoms with Crippen LogP contribution in [0.4, 0.5) is 0 Å². The van der Waals surface area contributed by atoms with Crippen molar-refractivity contribution in [3.05, 3.63) is 12.3 Å². The number of guanidine groups is 1. The number of amides is 1. The van der Waals surface area contributed by atoms with E-state index < -0.39 is 7.04 Å². The van der Waals surface area contributed by atoms with E-state index in [1.165, 1.54) is 0 Å². The van der Waals surface area contributed by atoms with Gasteiger partial charge in [-0.15, -0.1) is 0 Å². The van der Waals surface area contributed by atoms with E-state index in [1.807, 2.05) is 4.90 Å². The molecule has 1 fully saturated rings. The smallest absolute Gasteiger partial charge is 0.222 e. The van der Waals surface area contributed by atoms with Gasteiger partial charge in [0, 0.05) is 39.1 Å². The van der Waals surface area contributed by atoms with Gasteiger partial charge in [-0.1, -0.05) is 17.6 Å². The Kier molecular flexibility index (Phi) is 8.22. The van der Waals surface area contributed by atoms with Crippen LogP contribution in [0.1, 0.15) is 25.7 Å². The molecular formula is C16H30N5OP. The lowest BCUT2D eigenvalue weighted by molar-refractivity contribution is -0.132. The molecule has 0 spiro atoms. The van der Waals surface area contributed by atoms with Crippen LogP contribution in [-0.2, 0) is 4.79 Å². The van der Waals surface area contributed by atoms with Crippen LogP contribution in [0.2, 0.25) is 0 Å². The SMILES string of the molecule is C=C=C=P(C)(C)N1CCN(C(=O)CCCCCN=C(N)N)CC1. The normalized spacial score (nSPS) is 15.7. The first-order valence-electron chi connectivity index (χ1n) is 8.08. The second-order valence-corrected chi connectivity index (χ2v) is 9.71. The van der Waals surface area contributed by atoms with Gasteiger partial charge in [-0.3, -0.25) is 14.5 Å². The Hall–Kier alpha value is -1.44. The number of hydrogen-bond donors (Lipinski definition) is 2. The van der Waals surface area contributed by atoms with E-state index in [9.17, 15) is 4.79 Å². The first-order valence-corrected chi connectivity index (χ1v) is 10.7. The highest BCUT2D eigenvalue weighted by Crippen LogP contribution is 2.41. The molecule has 1 aliphatic rings. The van der Waals surface area contributed by atoms with Gasteiger partial charge in [-0.2, -0.15) is 0 Å². The minimum atomic E-state index is -1.38. The third-order valence-electron chi connectivity index (χ3n) is 4.01. The molecule has 0 aliphatic carbocycles. The van der Waals surface area contributed by atoms with Crippen molar-refractivity contribution in [2.45, 2.75) is 25.7 Å². The number of hydrogen-bond acceptors (Lipinski definition) is 3. The number of unbranched alkanes of at least 4 members (excludes halogenated alkanes) is 2. The highest BCUT2D eigenvalue weighted by atomic mass is 31.2. The Morgan fingerprint density at radius 1 is 1.17 bits per heavy atom. The van der Waals surface area contributed by atoms with Crippen molar-refractivity contribution in [1.29, 1.82) is 0 Å². The lowest BCUT2D eigenvalue weighted by Gasteiger charge is -2.39. The molecule has 1 heterocycles. The first-order chi connectivity index (χ1) is 10.9. The summed E-state index contributed by atoms with van der Waals surface area (Å²) in [4.78, 5) is 18.1. The van der Waals surface area contributed by atoms with Crippen LogP contribution < -0.4 is 11.5 Å². The summed E-state index contributed by atoms with van der Waals surface area (Å²) in [7, 11) is -1.38. The van der Waals surface area contributed by atoms with Crippen LogP contribution in [0.3, 0.4) is 0 Å². The molecule has 0 bridgehead atoms. The molecule has 0 atom stereocenters. The zero-order chi connectivity index (χ0) is 17.3. The van der Waals surface area contributed by atoms with Crippen LogP contribution in [0, 0.1) is 0 Å². The number of piperazine rings is 1. The first kappa shape index (κ1) is 19.6. The fourth-order valence-electron chi connectivity index (χ4n) is 2.64. The second-order valence-electron chi connectivity index (χ2n) is 6.13. The van der Waals surface area contributed by atoms with Crippen molar-refractivity contribution in [3.8, 4) is 0 Å². The third kappa shape index (κ3) is 7.11. The molecule has 0 saturated carbocycles. The van der Waals surface area contributed by atoms with E-state index in [-0.39, 0.29) is 11.9 Å². The molecular weight excluding hydrogens is 309 g/mol. The summed E-state index contributed by atoms with van der Waals surface area (Å²) in [6.07, 6.45) is 3.39. The molecule has 1 aliphatic heterocycles. The minimum absolute atomic E-state index is 0.133. The standard InChI is InChI=1S/C16H30N5OP/c1-4-14-23(2,3)21-12-10-20(11-13-21)15(22)8-6-5-7-9-19-16(17)18/h1,5-13H2,2-3H3,(H4,17,18,19). The van der Waals surface area contributed by atoms with E-state index in [2.05, 4.69) is 40.8 Å². The highest BCUT2D eigenvalue weighted by molar-refractivity contribution is 7.70. The fraction of sp³-hybridized carbons (Fsp3) is 0.688. The van der Waals surface area contributed by atoms with E-state index >= 15 is 0 Å². The van der Waals surface area contributed by atoms with Gasteiger partial charge >= 0.3 is 0 Å². The zero-order valence-electron chi connectivity index (χ0n) is 14.4. The average molecular weight is 339 g/mol. The van der Waals surface area contributed by atoms with Crippen molar-refractivity contribution in [3.63, 3.8) is 0 Å². The predicted octanol–water partition coefficient (Wildman–Crippen LogP) is 0.899. The quantitative estimate of drug-likeness (QED) is 0.237. The van der Waals surface area contributed by atoms with Gasteiger partial charge in [0.1, 0.15) is 0 Å². The van der Waals surface area contributed by atoms with E-state index in [0.717, 1.165) is 45.4 Å². The molecule has 1 rings (SSSR count). The summed E-state index contributed by atoms with van der Waals surface area (Å²) < 4.78 is 2.42. The zero-order valence-corrected chi connectivity index (χ0v) is 15.3. The van der Waals surface area contributed by atoms with Gasteiger partial charge in [-0.05, 0) is 39.8 Å². The summed E-state index contributed by atoms with van der Waals surface area (Å²) in [6, 6.07) is 0. The number of rotatable bonds is 7. The number of nitrogens with zero attached hydrogens (tertiary/aromatic N) is 3. The van der Waals surface area contributed by atoms with E-state index in [1.54, 1.807) is 0 Å². The maximum atomic E-state index is 12.2. The molecule has 6 nitrogen and oxygen atoms in total. The van der Waals surface area contributed by atoms with Gasteiger partial charge in [0.05, 0.1) is 0 Å². The Balaban J connectivity index is 2.29. The molecule has 1 saturated heterocycles. The maximum Gasteiger partial charge on any atom is 0.222 e. The largest absolute Gasteiger partial charge is 0.370 e. The number of carbonyl (C=O) groups excluding carboxylic acids is 1. The van der Waals surface area contributed by atoms with Gasteiger partial charge in [-0.25, -0.2) is 0 Å². The fourth-order valence-corrected chi connectivity index (χ4v) is 4.35. The Bertz CT molecular complexity index is 529. The van der Waals surface area contributed by atoms with Crippen molar-refractivity contribution in [1.82, 2.24) is 9.57 Å². The summed E-state index contributed by atoms with van der Waals surface area (Å²) in [5.41, 5.74) is 16.6. The molecule has 0 radical (unpaired) electrons. The van der Waals surface area contributed by atoms with Gasteiger partial charge < -0.3 is 16.4 Å². The van der Waals surface area contributed by atoms with Crippen LogP contribution in [0.5, 0.6) is 0 Å². The molecule has 0 aromatic carbocycles. The molecule has 130 valence electrons. The van der Waals surface area contributed by atoms with Gasteiger partial charge in [0.2, 0.25) is 5.91 Å². The van der Waals surface area contributed by atoms with Crippen LogP contribution >= 0.6 is 7.04 Å². The number of carbonyl (C=O) groups is 1. The second kappa shape index (κ2) is 9.64. The van der Waals surface area contributed by atoms with Crippen molar-refractivity contribution in [2.24, 2.45) is 16.5 Å². The van der Waals surface area contributed by atoms with E-state index in [4.69, 9.17) is 11.5 Å². The predicted molar refractivity (Wildman–Crippen MR) is 100 cm³/mol. The molecule has 0 aromatic heterocycles. The summed E-state index contributed by atoms with van der Waals surface area (Å²) in [6.45, 7) is 12.1. The lowest BCUT2D eigenvalue weighted by Crippen LogP contribution is -2.47. The van der Waals surface area contributed by atoms with Gasteiger partial charge in [0.25, 0.3) is 0 Å². The Morgan fingerprint density at radius 2 is 1.83 bits per heavy atom. The summed E-state index contributed by atoms with van der Waals surface area (Å²) in [5.74, 6) is 0.388. The molecule has 7 heteroatoms. The Labute approximate surface area is 139 Å². The third-order valence-corrected chi connectivity index (χ3v) is 6.53. The summed E-state index contributed by atoms with van der Waals surface area (Å²) in [5, 5.41) is 0. The minimum Gasteiger partial charge on any atom is -0.370 e.